The first-order valence-corrected chi connectivity index (χ1v) is 8.54. The second kappa shape index (κ2) is 9.38. The maximum absolute atomic E-state index is 10.5. The van der Waals surface area contributed by atoms with Crippen LogP contribution >= 0.6 is 0 Å². The van der Waals surface area contributed by atoms with E-state index in [0.717, 1.165) is 23.9 Å². The summed E-state index contributed by atoms with van der Waals surface area (Å²) in [4.78, 5) is -0.0666. The molecule has 2 rings (SSSR count). The van der Waals surface area contributed by atoms with E-state index in [-0.39, 0.29) is 33.7 Å². The van der Waals surface area contributed by atoms with Gasteiger partial charge in [-0.15, -0.1) is 5.10 Å². The number of nitrogens with one attached hydrogen (secondary N) is 1. The number of guanidine groups is 1. The topological polar surface area (TPSA) is 198 Å². The standard InChI is InChI=1S/C8H10N4O4.C7H8O3S/c9-8(12-16)11-10-3-5-6(14)1-4(13)2-7(5)15;1-6-2-4-7(5-3-6)11(8,9)10/h1-3,13-16H,(H3,9,11,12);2-5H,1H3,(H,8,9,10). The normalized spacial score (nSPS) is 11.7. The first kappa shape index (κ1) is 21.7. The lowest BCUT2D eigenvalue weighted by atomic mass is 10.2. The number of benzene rings is 2. The average molecular weight is 398 g/mol. The Morgan fingerprint density at radius 3 is 2.07 bits per heavy atom. The predicted molar refractivity (Wildman–Crippen MR) is 96.6 cm³/mol. The summed E-state index contributed by atoms with van der Waals surface area (Å²) in [5, 5.41) is 42.6. The van der Waals surface area contributed by atoms with Gasteiger partial charge in [-0.3, -0.25) is 9.76 Å². The summed E-state index contributed by atoms with van der Waals surface area (Å²) in [7, 11) is -4.02. The Bertz CT molecular complexity index is 918. The van der Waals surface area contributed by atoms with Gasteiger partial charge in [0.2, 0.25) is 5.96 Å². The van der Waals surface area contributed by atoms with Gasteiger partial charge in [0.25, 0.3) is 10.1 Å². The van der Waals surface area contributed by atoms with Crippen LogP contribution in [0.2, 0.25) is 0 Å². The smallest absolute Gasteiger partial charge is 0.294 e. The highest BCUT2D eigenvalue weighted by Crippen LogP contribution is 2.30. The second-order valence-electron chi connectivity index (χ2n) is 5.03. The van der Waals surface area contributed by atoms with Crippen molar-refractivity contribution in [2.45, 2.75) is 11.8 Å². The largest absolute Gasteiger partial charge is 0.508 e. The summed E-state index contributed by atoms with van der Waals surface area (Å²) in [6.07, 6.45) is 1.01. The molecule has 0 atom stereocenters. The fourth-order valence-electron chi connectivity index (χ4n) is 1.62. The monoisotopic (exact) mass is 398 g/mol. The van der Waals surface area contributed by atoms with Crippen LogP contribution in [0.25, 0.3) is 0 Å². The van der Waals surface area contributed by atoms with Crippen LogP contribution in [0.3, 0.4) is 0 Å². The molecule has 0 radical (unpaired) electrons. The zero-order valence-corrected chi connectivity index (χ0v) is 14.8. The number of nitrogens with two attached hydrogens (primary N) is 1. The fourth-order valence-corrected chi connectivity index (χ4v) is 2.10. The van der Waals surface area contributed by atoms with Crippen LogP contribution < -0.4 is 11.2 Å². The Hall–Kier alpha value is -3.35. The van der Waals surface area contributed by atoms with Crippen molar-refractivity contribution in [2.24, 2.45) is 15.9 Å². The molecule has 0 spiro atoms. The van der Waals surface area contributed by atoms with Gasteiger partial charge in [0.15, 0.2) is 0 Å². The highest BCUT2D eigenvalue weighted by Gasteiger charge is 2.07. The molecule has 11 nitrogen and oxygen atoms in total. The van der Waals surface area contributed by atoms with Crippen LogP contribution in [-0.2, 0) is 10.1 Å². The zero-order chi connectivity index (χ0) is 20.6. The molecular weight excluding hydrogens is 380 g/mol. The molecule has 0 saturated carbocycles. The van der Waals surface area contributed by atoms with E-state index < -0.39 is 10.1 Å². The summed E-state index contributed by atoms with van der Waals surface area (Å²) >= 11 is 0. The molecule has 2 aromatic carbocycles. The van der Waals surface area contributed by atoms with Gasteiger partial charge in [0, 0.05) is 12.1 Å². The van der Waals surface area contributed by atoms with Crippen LogP contribution in [0, 0.1) is 6.92 Å². The van der Waals surface area contributed by atoms with E-state index in [1.54, 1.807) is 12.1 Å². The van der Waals surface area contributed by atoms with Crippen LogP contribution in [0.5, 0.6) is 17.2 Å². The molecule has 0 aliphatic carbocycles. The molecule has 0 aromatic heterocycles. The number of hydrogen-bond acceptors (Lipinski definition) is 8. The van der Waals surface area contributed by atoms with E-state index in [1.165, 1.54) is 17.6 Å². The second-order valence-corrected chi connectivity index (χ2v) is 6.45. The van der Waals surface area contributed by atoms with Crippen LogP contribution in [0.15, 0.2) is 51.5 Å². The molecule has 146 valence electrons. The lowest BCUT2D eigenvalue weighted by Gasteiger charge is -2.02. The van der Waals surface area contributed by atoms with Gasteiger partial charge in [0.05, 0.1) is 16.7 Å². The third-order valence-electron chi connectivity index (χ3n) is 2.91. The highest BCUT2D eigenvalue weighted by molar-refractivity contribution is 7.85. The molecule has 2 aromatic rings. The lowest BCUT2D eigenvalue weighted by molar-refractivity contribution is 0.232. The summed E-state index contributed by atoms with van der Waals surface area (Å²) in [5.41, 5.74) is 7.51. The van der Waals surface area contributed by atoms with Crippen LogP contribution in [0.1, 0.15) is 11.1 Å². The molecule has 0 aliphatic rings. The predicted octanol–water partition coefficient (Wildman–Crippen LogP) is 0.673. The molecule has 12 heteroatoms. The third kappa shape index (κ3) is 7.19. The Balaban J connectivity index is 0.000000289. The van der Waals surface area contributed by atoms with Crippen molar-refractivity contribution in [3.63, 3.8) is 0 Å². The Morgan fingerprint density at radius 2 is 1.63 bits per heavy atom. The van der Waals surface area contributed by atoms with Gasteiger partial charge >= 0.3 is 0 Å². The minimum absolute atomic E-state index is 0.0349. The van der Waals surface area contributed by atoms with Gasteiger partial charge in [-0.2, -0.15) is 13.5 Å². The molecule has 0 heterocycles. The molecule has 27 heavy (non-hydrogen) atoms. The van der Waals surface area contributed by atoms with E-state index in [0.29, 0.717) is 0 Å². The van der Waals surface area contributed by atoms with Gasteiger partial charge in [-0.25, -0.2) is 5.48 Å². The summed E-state index contributed by atoms with van der Waals surface area (Å²) in [6, 6.07) is 8.04. The van der Waals surface area contributed by atoms with Crippen molar-refractivity contribution in [1.29, 1.82) is 0 Å². The Kier molecular flexibility index (Phi) is 7.53. The molecule has 0 amide bonds. The van der Waals surface area contributed by atoms with E-state index >= 15 is 0 Å². The summed E-state index contributed by atoms with van der Waals surface area (Å²) in [5.74, 6) is -1.37. The molecule has 0 bridgehead atoms. The van der Waals surface area contributed by atoms with Crippen molar-refractivity contribution in [2.75, 3.05) is 0 Å². The quantitative estimate of drug-likeness (QED) is 0.168. The van der Waals surface area contributed by atoms with Crippen molar-refractivity contribution in [3.8, 4) is 17.2 Å². The maximum atomic E-state index is 10.5. The zero-order valence-electron chi connectivity index (χ0n) is 14.0. The number of nitrogens with zero attached hydrogens (tertiary/aromatic N) is 2. The molecular formula is C15H18N4O7S. The molecule has 0 unspecified atom stereocenters. The Morgan fingerprint density at radius 1 is 1.11 bits per heavy atom. The number of rotatable bonds is 3. The minimum atomic E-state index is -4.02. The van der Waals surface area contributed by atoms with Crippen LogP contribution in [-0.4, -0.2) is 45.7 Å². The summed E-state index contributed by atoms with van der Waals surface area (Å²) in [6.45, 7) is 1.84. The fraction of sp³-hybridized carbons (Fsp3) is 0.0667. The van der Waals surface area contributed by atoms with E-state index in [9.17, 15) is 18.6 Å². The minimum Gasteiger partial charge on any atom is -0.508 e. The van der Waals surface area contributed by atoms with Crippen molar-refractivity contribution in [3.05, 3.63) is 47.5 Å². The molecule has 0 fully saturated rings. The average Bonchev–Trinajstić information content (AvgIpc) is 2.57. The van der Waals surface area contributed by atoms with E-state index in [2.05, 4.69) is 10.2 Å². The van der Waals surface area contributed by atoms with Gasteiger partial charge in [0.1, 0.15) is 17.2 Å². The third-order valence-corrected chi connectivity index (χ3v) is 3.77. The number of phenolic OH excluding ortho intramolecular Hbond substituents is 3. The number of hydroxylamine groups is 1. The lowest BCUT2D eigenvalue weighted by Crippen LogP contribution is -2.27. The molecule has 8 N–H and O–H groups in total. The van der Waals surface area contributed by atoms with Gasteiger partial charge < -0.3 is 21.1 Å². The van der Waals surface area contributed by atoms with Gasteiger partial charge in [-0.05, 0) is 19.1 Å². The molecule has 0 aliphatic heterocycles. The number of phenols is 3. The SMILES string of the molecule is Cc1ccc(S(=O)(=O)O)cc1.N/C(=N\N=Cc1c(O)cc(O)cc1O)NO. The highest BCUT2D eigenvalue weighted by atomic mass is 32.2. The molecule has 0 saturated heterocycles. The first-order chi connectivity index (χ1) is 12.5. The van der Waals surface area contributed by atoms with Gasteiger partial charge in [-0.1, -0.05) is 17.7 Å². The Labute approximate surface area is 154 Å². The van der Waals surface area contributed by atoms with E-state index in [4.69, 9.17) is 20.6 Å². The number of aryl methyl sites for hydroxylation is 1. The van der Waals surface area contributed by atoms with Crippen molar-refractivity contribution in [1.82, 2.24) is 5.48 Å². The number of hydrogen-bond donors (Lipinski definition) is 7. The van der Waals surface area contributed by atoms with Crippen LogP contribution in [0.4, 0.5) is 0 Å². The van der Waals surface area contributed by atoms with Crippen molar-refractivity contribution >= 4 is 22.3 Å². The maximum Gasteiger partial charge on any atom is 0.294 e. The number of aromatic hydroxyl groups is 3. The first-order valence-electron chi connectivity index (χ1n) is 7.10. The summed E-state index contributed by atoms with van der Waals surface area (Å²) < 4.78 is 29.6. The van der Waals surface area contributed by atoms with E-state index in [1.807, 2.05) is 6.92 Å². The van der Waals surface area contributed by atoms with Crippen molar-refractivity contribution < 1.29 is 33.5 Å².